The number of carbonyl (C=O) groups is 2. The lowest BCUT2D eigenvalue weighted by atomic mass is 10.2. The number of carbonyl (C=O) groups excluding carboxylic acids is 2. The first-order chi connectivity index (χ1) is 16.1. The molecule has 1 saturated heterocycles. The molecular weight excluding hydrogens is 422 g/mol. The lowest BCUT2D eigenvalue weighted by molar-refractivity contribution is -0.111. The molecule has 2 N–H and O–H groups in total. The predicted octanol–water partition coefficient (Wildman–Crippen LogP) is 2.84. The number of hydrogen-bond acceptors (Lipinski definition) is 7. The summed E-state index contributed by atoms with van der Waals surface area (Å²) in [5.41, 5.74) is 2.74. The summed E-state index contributed by atoms with van der Waals surface area (Å²) < 4.78 is 7.02. The average Bonchev–Trinajstić information content (AvgIpc) is 3.59. The molecule has 166 valence electrons. The van der Waals surface area contributed by atoms with Crippen molar-refractivity contribution >= 4 is 29.1 Å². The van der Waals surface area contributed by atoms with Crippen LogP contribution in [0.2, 0.25) is 0 Å². The van der Waals surface area contributed by atoms with Crippen molar-refractivity contribution in [3.8, 4) is 11.3 Å². The summed E-state index contributed by atoms with van der Waals surface area (Å²) in [5, 5.41) is 10.5. The van der Waals surface area contributed by atoms with E-state index in [0.29, 0.717) is 41.7 Å². The molecule has 2 amide bonds. The zero-order valence-corrected chi connectivity index (χ0v) is 17.6. The summed E-state index contributed by atoms with van der Waals surface area (Å²) >= 11 is 0. The van der Waals surface area contributed by atoms with Gasteiger partial charge in [-0.25, -0.2) is 9.50 Å². The second kappa shape index (κ2) is 8.58. The van der Waals surface area contributed by atoms with Crippen molar-refractivity contribution in [2.24, 2.45) is 0 Å². The van der Waals surface area contributed by atoms with Crippen molar-refractivity contribution in [1.29, 1.82) is 0 Å². The van der Waals surface area contributed by atoms with Crippen LogP contribution in [0.1, 0.15) is 16.8 Å². The van der Waals surface area contributed by atoms with Gasteiger partial charge in [-0.3, -0.25) is 9.59 Å². The Balaban J connectivity index is 1.22. The Labute approximate surface area is 188 Å². The van der Waals surface area contributed by atoms with E-state index in [-0.39, 0.29) is 17.9 Å². The number of pyridine rings is 1. The monoisotopic (exact) mass is 443 g/mol. The van der Waals surface area contributed by atoms with Crippen LogP contribution < -0.4 is 10.6 Å². The second-order valence-electron chi connectivity index (χ2n) is 7.67. The Bertz CT molecular complexity index is 1310. The molecule has 1 atom stereocenters. The van der Waals surface area contributed by atoms with Crippen LogP contribution >= 0.6 is 0 Å². The van der Waals surface area contributed by atoms with Gasteiger partial charge in [-0.2, -0.15) is 4.98 Å². The molecule has 0 aliphatic carbocycles. The Morgan fingerprint density at radius 2 is 2.03 bits per heavy atom. The molecule has 1 aromatic carbocycles. The number of nitrogens with zero attached hydrogens (tertiary/aromatic N) is 5. The summed E-state index contributed by atoms with van der Waals surface area (Å²) in [6.07, 6.45) is 6.85. The molecule has 1 aliphatic heterocycles. The van der Waals surface area contributed by atoms with Gasteiger partial charge < -0.3 is 20.0 Å². The maximum Gasteiger partial charge on any atom is 0.253 e. The highest BCUT2D eigenvalue weighted by atomic mass is 16.3. The SMILES string of the molecule is C=CC(=O)Nc1ccc(C(=O)N2CC[C@@H](Nc3nc4ccc(-c5cnco5)cn4n3)C2)cc1. The lowest BCUT2D eigenvalue weighted by Gasteiger charge is -2.17. The number of anilines is 2. The van der Waals surface area contributed by atoms with Gasteiger partial charge in [-0.1, -0.05) is 6.58 Å². The van der Waals surface area contributed by atoms with Crippen LogP contribution in [0.3, 0.4) is 0 Å². The third-order valence-corrected chi connectivity index (χ3v) is 5.44. The standard InChI is InChI=1S/C23H21N7O3/c1-2-21(31)25-17-6-3-15(4-7-17)22(32)29-10-9-18(13-29)26-23-27-20-8-5-16(12-30(20)28-23)19-11-24-14-33-19/h2-8,11-12,14,18H,1,9-10,13H2,(H,25,31)(H,26,28)/t18-/m1/s1. The molecular formula is C23H21N7O3. The summed E-state index contributed by atoms with van der Waals surface area (Å²) in [4.78, 5) is 34.5. The van der Waals surface area contributed by atoms with Crippen LogP contribution in [0, 0.1) is 0 Å². The smallest absolute Gasteiger partial charge is 0.253 e. The maximum absolute atomic E-state index is 12.9. The number of amides is 2. The number of likely N-dealkylation sites (tertiary alicyclic amines) is 1. The number of nitrogens with one attached hydrogen (secondary N) is 2. The predicted molar refractivity (Wildman–Crippen MR) is 122 cm³/mol. The van der Waals surface area contributed by atoms with Crippen LogP contribution in [-0.2, 0) is 4.79 Å². The second-order valence-corrected chi connectivity index (χ2v) is 7.67. The first kappa shape index (κ1) is 20.4. The minimum Gasteiger partial charge on any atom is -0.443 e. The topological polar surface area (TPSA) is 118 Å². The first-order valence-corrected chi connectivity index (χ1v) is 10.4. The van der Waals surface area contributed by atoms with E-state index in [1.807, 2.05) is 18.3 Å². The molecule has 0 bridgehead atoms. The van der Waals surface area contributed by atoms with Gasteiger partial charge in [0, 0.05) is 42.1 Å². The Kier molecular flexibility index (Phi) is 5.31. The van der Waals surface area contributed by atoms with Gasteiger partial charge >= 0.3 is 0 Å². The van der Waals surface area contributed by atoms with Gasteiger partial charge in [0.1, 0.15) is 0 Å². The van der Waals surface area contributed by atoms with Crippen molar-refractivity contribution < 1.29 is 14.0 Å². The minimum atomic E-state index is -0.294. The largest absolute Gasteiger partial charge is 0.443 e. The molecule has 3 aromatic heterocycles. The number of oxazole rings is 1. The van der Waals surface area contributed by atoms with Gasteiger partial charge in [-0.15, -0.1) is 5.10 Å². The number of benzene rings is 1. The molecule has 33 heavy (non-hydrogen) atoms. The molecule has 5 rings (SSSR count). The van der Waals surface area contributed by atoms with Crippen LogP contribution in [0.15, 0.2) is 72.3 Å². The van der Waals surface area contributed by atoms with Crippen LogP contribution in [0.25, 0.3) is 17.0 Å². The zero-order valence-electron chi connectivity index (χ0n) is 17.6. The minimum absolute atomic E-state index is 0.0475. The van der Waals surface area contributed by atoms with Gasteiger partial charge in [0.25, 0.3) is 5.91 Å². The summed E-state index contributed by atoms with van der Waals surface area (Å²) in [6.45, 7) is 4.61. The van der Waals surface area contributed by atoms with E-state index in [9.17, 15) is 9.59 Å². The molecule has 10 heteroatoms. The molecule has 1 aliphatic rings. The third kappa shape index (κ3) is 4.31. The van der Waals surface area contributed by atoms with E-state index < -0.39 is 0 Å². The number of hydrogen-bond donors (Lipinski definition) is 2. The fourth-order valence-electron chi connectivity index (χ4n) is 3.77. The number of rotatable bonds is 6. The summed E-state index contributed by atoms with van der Waals surface area (Å²) in [5.74, 6) is 0.812. The van der Waals surface area contributed by atoms with E-state index in [1.165, 1.54) is 12.5 Å². The van der Waals surface area contributed by atoms with Crippen molar-refractivity contribution in [3.63, 3.8) is 0 Å². The molecule has 0 unspecified atom stereocenters. The third-order valence-electron chi connectivity index (χ3n) is 5.44. The fraction of sp³-hybridized carbons (Fsp3) is 0.174. The highest BCUT2D eigenvalue weighted by Crippen LogP contribution is 2.21. The van der Waals surface area contributed by atoms with Crippen molar-refractivity contribution in [3.05, 3.63) is 73.4 Å². The average molecular weight is 443 g/mol. The van der Waals surface area contributed by atoms with E-state index in [4.69, 9.17) is 4.42 Å². The maximum atomic E-state index is 12.9. The fourth-order valence-corrected chi connectivity index (χ4v) is 3.77. The van der Waals surface area contributed by atoms with Gasteiger partial charge in [-0.05, 0) is 48.9 Å². The van der Waals surface area contributed by atoms with Crippen molar-refractivity contribution in [2.45, 2.75) is 12.5 Å². The van der Waals surface area contributed by atoms with Crippen LogP contribution in [0.5, 0.6) is 0 Å². The summed E-state index contributed by atoms with van der Waals surface area (Å²) in [7, 11) is 0. The Morgan fingerprint density at radius 3 is 2.79 bits per heavy atom. The lowest BCUT2D eigenvalue weighted by Crippen LogP contribution is -2.31. The molecule has 4 aromatic rings. The first-order valence-electron chi connectivity index (χ1n) is 10.4. The molecule has 0 radical (unpaired) electrons. The van der Waals surface area contributed by atoms with Crippen molar-refractivity contribution in [2.75, 3.05) is 23.7 Å². The van der Waals surface area contributed by atoms with E-state index in [0.717, 1.165) is 12.0 Å². The zero-order chi connectivity index (χ0) is 22.8. The molecule has 0 spiro atoms. The number of aromatic nitrogens is 4. The van der Waals surface area contributed by atoms with Gasteiger partial charge in [0.05, 0.1) is 6.20 Å². The van der Waals surface area contributed by atoms with E-state index in [1.54, 1.807) is 39.9 Å². The van der Waals surface area contributed by atoms with Crippen molar-refractivity contribution in [1.82, 2.24) is 24.5 Å². The molecule has 10 nitrogen and oxygen atoms in total. The Hall–Kier alpha value is -4.47. The summed E-state index contributed by atoms with van der Waals surface area (Å²) in [6, 6.07) is 10.6. The normalized spacial score (nSPS) is 15.5. The van der Waals surface area contributed by atoms with Gasteiger partial charge in [0.2, 0.25) is 11.9 Å². The molecule has 4 heterocycles. The molecule has 0 saturated carbocycles. The highest BCUT2D eigenvalue weighted by molar-refractivity contribution is 5.99. The quantitative estimate of drug-likeness (QED) is 0.440. The Morgan fingerprint density at radius 1 is 1.18 bits per heavy atom. The van der Waals surface area contributed by atoms with Gasteiger partial charge in [0.15, 0.2) is 17.8 Å². The highest BCUT2D eigenvalue weighted by Gasteiger charge is 2.27. The molecule has 1 fully saturated rings. The van der Waals surface area contributed by atoms with Crippen LogP contribution in [0.4, 0.5) is 11.6 Å². The van der Waals surface area contributed by atoms with E-state index in [2.05, 4.69) is 32.3 Å². The van der Waals surface area contributed by atoms with Crippen LogP contribution in [-0.4, -0.2) is 55.4 Å². The van der Waals surface area contributed by atoms with E-state index >= 15 is 0 Å². The number of fused-ring (bicyclic) bond motifs is 1.